The second-order valence-electron chi connectivity index (χ2n) is 3.70. The van der Waals surface area contributed by atoms with Gasteiger partial charge in [-0.15, -0.1) is 0 Å². The SMILES string of the molecule is O=C(OC1COCCC1=O)c1cccc(Cl)c1. The monoisotopic (exact) mass is 254 g/mol. The van der Waals surface area contributed by atoms with Crippen LogP contribution in [-0.4, -0.2) is 31.1 Å². The molecule has 1 aromatic rings. The molecule has 4 nitrogen and oxygen atoms in total. The van der Waals surface area contributed by atoms with Crippen molar-refractivity contribution in [2.45, 2.75) is 12.5 Å². The summed E-state index contributed by atoms with van der Waals surface area (Å²) in [5, 5.41) is 0.450. The van der Waals surface area contributed by atoms with Gasteiger partial charge in [0, 0.05) is 11.4 Å². The summed E-state index contributed by atoms with van der Waals surface area (Å²) < 4.78 is 10.2. The third-order valence-electron chi connectivity index (χ3n) is 2.43. The molecule has 1 heterocycles. The molecule has 90 valence electrons. The van der Waals surface area contributed by atoms with Gasteiger partial charge in [-0.1, -0.05) is 17.7 Å². The van der Waals surface area contributed by atoms with E-state index in [-0.39, 0.29) is 18.8 Å². The van der Waals surface area contributed by atoms with Gasteiger partial charge in [-0.3, -0.25) is 4.79 Å². The number of rotatable bonds is 2. The van der Waals surface area contributed by atoms with Crippen LogP contribution in [0, 0.1) is 0 Å². The number of esters is 1. The number of ketones is 1. The summed E-state index contributed by atoms with van der Waals surface area (Å²) in [6, 6.07) is 6.39. The van der Waals surface area contributed by atoms with Crippen molar-refractivity contribution in [3.63, 3.8) is 0 Å². The highest BCUT2D eigenvalue weighted by atomic mass is 35.5. The minimum atomic E-state index is -0.796. The predicted octanol–water partition coefficient (Wildman–Crippen LogP) is 1.85. The molecule has 2 rings (SSSR count). The maximum absolute atomic E-state index is 11.7. The second-order valence-corrected chi connectivity index (χ2v) is 4.13. The second kappa shape index (κ2) is 5.29. The van der Waals surface area contributed by atoms with Crippen molar-refractivity contribution in [1.82, 2.24) is 0 Å². The molecule has 17 heavy (non-hydrogen) atoms. The lowest BCUT2D eigenvalue weighted by atomic mass is 10.1. The van der Waals surface area contributed by atoms with E-state index in [4.69, 9.17) is 21.1 Å². The van der Waals surface area contributed by atoms with E-state index in [1.54, 1.807) is 18.2 Å². The number of hydrogen-bond acceptors (Lipinski definition) is 4. The molecule has 0 aromatic heterocycles. The molecule has 1 saturated heterocycles. The highest BCUT2D eigenvalue weighted by Gasteiger charge is 2.26. The average Bonchev–Trinajstić information content (AvgIpc) is 2.32. The van der Waals surface area contributed by atoms with Crippen molar-refractivity contribution in [3.8, 4) is 0 Å². The van der Waals surface area contributed by atoms with E-state index in [9.17, 15) is 9.59 Å². The van der Waals surface area contributed by atoms with E-state index in [2.05, 4.69) is 0 Å². The zero-order valence-electron chi connectivity index (χ0n) is 9.02. The van der Waals surface area contributed by atoms with Crippen molar-refractivity contribution >= 4 is 23.4 Å². The van der Waals surface area contributed by atoms with E-state index >= 15 is 0 Å². The van der Waals surface area contributed by atoms with E-state index in [1.165, 1.54) is 6.07 Å². The zero-order chi connectivity index (χ0) is 12.3. The van der Waals surface area contributed by atoms with Gasteiger partial charge in [-0.05, 0) is 18.2 Å². The molecule has 1 aromatic carbocycles. The van der Waals surface area contributed by atoms with E-state index in [0.717, 1.165) is 0 Å². The van der Waals surface area contributed by atoms with Gasteiger partial charge in [-0.2, -0.15) is 0 Å². The topological polar surface area (TPSA) is 52.6 Å². The molecule has 5 heteroatoms. The maximum Gasteiger partial charge on any atom is 0.338 e. The Balaban J connectivity index is 2.03. The molecule has 1 unspecified atom stereocenters. The number of carbonyl (C=O) groups is 2. The molecule has 0 bridgehead atoms. The van der Waals surface area contributed by atoms with Crippen LogP contribution in [0.4, 0.5) is 0 Å². The van der Waals surface area contributed by atoms with Crippen molar-refractivity contribution < 1.29 is 19.1 Å². The van der Waals surface area contributed by atoms with Crippen molar-refractivity contribution in [2.24, 2.45) is 0 Å². The minimum absolute atomic E-state index is 0.105. The molecule has 0 aliphatic carbocycles. The average molecular weight is 255 g/mol. The first kappa shape index (κ1) is 12.1. The molecular formula is C12H11ClO4. The number of ether oxygens (including phenoxy) is 2. The highest BCUT2D eigenvalue weighted by Crippen LogP contribution is 2.14. The van der Waals surface area contributed by atoms with E-state index in [1.807, 2.05) is 0 Å². The summed E-state index contributed by atoms with van der Waals surface area (Å²) in [6.45, 7) is 0.523. The molecule has 1 atom stereocenters. The van der Waals surface area contributed by atoms with Gasteiger partial charge in [0.1, 0.15) is 0 Å². The fourth-order valence-electron chi connectivity index (χ4n) is 1.53. The van der Waals surface area contributed by atoms with Crippen LogP contribution >= 0.6 is 11.6 Å². The first-order valence-electron chi connectivity index (χ1n) is 5.24. The number of halogens is 1. The van der Waals surface area contributed by atoms with Crippen molar-refractivity contribution in [3.05, 3.63) is 34.9 Å². The Bertz CT molecular complexity index is 444. The van der Waals surface area contributed by atoms with Gasteiger partial charge >= 0.3 is 5.97 Å². The van der Waals surface area contributed by atoms with Gasteiger partial charge in [0.2, 0.25) is 0 Å². The predicted molar refractivity (Wildman–Crippen MR) is 61.1 cm³/mol. The van der Waals surface area contributed by atoms with Gasteiger partial charge < -0.3 is 9.47 Å². The van der Waals surface area contributed by atoms with Gasteiger partial charge in [0.25, 0.3) is 0 Å². The normalized spacial score (nSPS) is 20.1. The lowest BCUT2D eigenvalue weighted by molar-refractivity contribution is -0.137. The Morgan fingerprint density at radius 2 is 2.29 bits per heavy atom. The van der Waals surface area contributed by atoms with Gasteiger partial charge in [0.15, 0.2) is 11.9 Å². The first-order valence-corrected chi connectivity index (χ1v) is 5.61. The first-order chi connectivity index (χ1) is 8.16. The standard InChI is InChI=1S/C12H11ClO4/c13-9-3-1-2-8(6-9)12(15)17-11-7-16-5-4-10(11)14/h1-3,6,11H,4-5,7H2. The maximum atomic E-state index is 11.7. The fraction of sp³-hybridized carbons (Fsp3) is 0.333. The van der Waals surface area contributed by atoms with Crippen LogP contribution < -0.4 is 0 Å². The molecular weight excluding hydrogens is 244 g/mol. The van der Waals surface area contributed by atoms with Crippen LogP contribution in [0.5, 0.6) is 0 Å². The summed E-state index contributed by atoms with van der Waals surface area (Å²) in [6.07, 6.45) is -0.511. The Hall–Kier alpha value is -1.39. The zero-order valence-corrected chi connectivity index (χ0v) is 9.77. The third kappa shape index (κ3) is 3.05. The Morgan fingerprint density at radius 1 is 1.47 bits per heavy atom. The quantitative estimate of drug-likeness (QED) is 0.756. The Labute approximate surface area is 103 Å². The van der Waals surface area contributed by atoms with Crippen LogP contribution in [0.3, 0.4) is 0 Å². The van der Waals surface area contributed by atoms with Crippen molar-refractivity contribution in [1.29, 1.82) is 0 Å². The molecule has 0 N–H and O–H groups in total. The molecule has 1 aliphatic heterocycles. The summed E-state index contributed by atoms with van der Waals surface area (Å²) >= 11 is 5.76. The minimum Gasteiger partial charge on any atom is -0.448 e. The largest absolute Gasteiger partial charge is 0.448 e. The van der Waals surface area contributed by atoms with Gasteiger partial charge in [0.05, 0.1) is 18.8 Å². The molecule has 1 fully saturated rings. The molecule has 0 saturated carbocycles. The highest BCUT2D eigenvalue weighted by molar-refractivity contribution is 6.30. The van der Waals surface area contributed by atoms with Crippen LogP contribution in [0.25, 0.3) is 0 Å². The number of benzene rings is 1. The van der Waals surface area contributed by atoms with Crippen molar-refractivity contribution in [2.75, 3.05) is 13.2 Å². The Kier molecular flexibility index (Phi) is 3.76. The molecule has 0 amide bonds. The van der Waals surface area contributed by atoms with Crippen LogP contribution in [0.15, 0.2) is 24.3 Å². The number of Topliss-reactive ketones (excluding diaryl/α,β-unsaturated/α-hetero) is 1. The van der Waals surface area contributed by atoms with Crippen LogP contribution in [0.2, 0.25) is 5.02 Å². The summed E-state index contributed by atoms with van der Waals surface area (Å²) in [5.41, 5.74) is 0.330. The smallest absolute Gasteiger partial charge is 0.338 e. The van der Waals surface area contributed by atoms with Gasteiger partial charge in [-0.25, -0.2) is 4.79 Å². The number of hydrogen-bond donors (Lipinski definition) is 0. The molecule has 0 radical (unpaired) electrons. The van der Waals surface area contributed by atoms with Crippen LogP contribution in [0.1, 0.15) is 16.8 Å². The summed E-state index contributed by atoms with van der Waals surface area (Å²) in [7, 11) is 0. The van der Waals surface area contributed by atoms with E-state index in [0.29, 0.717) is 17.2 Å². The summed E-state index contributed by atoms with van der Waals surface area (Å²) in [4.78, 5) is 23.2. The molecule has 1 aliphatic rings. The number of carbonyl (C=O) groups excluding carboxylic acids is 2. The molecule has 0 spiro atoms. The third-order valence-corrected chi connectivity index (χ3v) is 2.67. The lowest BCUT2D eigenvalue weighted by Gasteiger charge is -2.21. The lowest BCUT2D eigenvalue weighted by Crippen LogP contribution is -2.36. The van der Waals surface area contributed by atoms with E-state index < -0.39 is 12.1 Å². The summed E-state index contributed by atoms with van der Waals surface area (Å²) in [5.74, 6) is -0.664. The van der Waals surface area contributed by atoms with Crippen LogP contribution in [-0.2, 0) is 14.3 Å². The fourth-order valence-corrected chi connectivity index (χ4v) is 1.72. The Morgan fingerprint density at radius 3 is 3.00 bits per heavy atom.